The van der Waals surface area contributed by atoms with E-state index in [4.69, 9.17) is 0 Å². The van der Waals surface area contributed by atoms with Crippen molar-refractivity contribution in [3.63, 3.8) is 0 Å². The molecule has 4 aromatic rings. The van der Waals surface area contributed by atoms with Crippen LogP contribution in [0.15, 0.2) is 55.0 Å². The van der Waals surface area contributed by atoms with Gasteiger partial charge in [-0.2, -0.15) is 0 Å². The SMILES string of the molecule is Cc1c(C(=O)NCc2ccc3ccccc3c2)sc2cncn12. The summed E-state index contributed by atoms with van der Waals surface area (Å²) in [7, 11) is 0. The monoisotopic (exact) mass is 321 g/mol. The Morgan fingerprint density at radius 1 is 1.22 bits per heavy atom. The molecule has 4 rings (SSSR count). The number of carbonyl (C=O) groups is 1. The number of nitrogens with zero attached hydrogens (tertiary/aromatic N) is 2. The number of aryl methyl sites for hydroxylation is 1. The summed E-state index contributed by atoms with van der Waals surface area (Å²) in [5.74, 6) is -0.0376. The molecule has 0 radical (unpaired) electrons. The van der Waals surface area contributed by atoms with Crippen LogP contribution in [0.5, 0.6) is 0 Å². The van der Waals surface area contributed by atoms with E-state index in [0.717, 1.165) is 21.0 Å². The molecule has 1 amide bonds. The van der Waals surface area contributed by atoms with Gasteiger partial charge in [0.1, 0.15) is 16.0 Å². The molecule has 0 aliphatic rings. The highest BCUT2D eigenvalue weighted by atomic mass is 32.1. The van der Waals surface area contributed by atoms with Gasteiger partial charge in [0.2, 0.25) is 0 Å². The number of aromatic nitrogens is 2. The van der Waals surface area contributed by atoms with Gasteiger partial charge in [-0.25, -0.2) is 4.98 Å². The molecule has 1 N–H and O–H groups in total. The number of benzene rings is 2. The van der Waals surface area contributed by atoms with Crippen molar-refractivity contribution in [2.24, 2.45) is 0 Å². The van der Waals surface area contributed by atoms with Gasteiger partial charge in [0.05, 0.1) is 6.20 Å². The lowest BCUT2D eigenvalue weighted by atomic mass is 10.1. The lowest BCUT2D eigenvalue weighted by molar-refractivity contribution is 0.0954. The molecular weight excluding hydrogens is 306 g/mol. The van der Waals surface area contributed by atoms with Crippen LogP contribution < -0.4 is 5.32 Å². The van der Waals surface area contributed by atoms with Gasteiger partial charge >= 0.3 is 0 Å². The molecule has 0 aliphatic heterocycles. The number of carbonyl (C=O) groups excluding carboxylic acids is 1. The van der Waals surface area contributed by atoms with E-state index in [1.54, 1.807) is 12.5 Å². The summed E-state index contributed by atoms with van der Waals surface area (Å²) in [5, 5.41) is 5.40. The number of nitrogens with one attached hydrogen (secondary N) is 1. The van der Waals surface area contributed by atoms with Crippen LogP contribution in [0.4, 0.5) is 0 Å². The minimum atomic E-state index is -0.0376. The Hall–Kier alpha value is -2.66. The third-order valence-corrected chi connectivity index (χ3v) is 5.17. The van der Waals surface area contributed by atoms with Crippen molar-refractivity contribution in [1.29, 1.82) is 0 Å². The molecule has 0 atom stereocenters. The first-order chi connectivity index (χ1) is 11.2. The summed E-state index contributed by atoms with van der Waals surface area (Å²) in [4.78, 5) is 18.2. The summed E-state index contributed by atoms with van der Waals surface area (Å²) < 4.78 is 1.94. The molecule has 0 unspecified atom stereocenters. The Morgan fingerprint density at radius 2 is 2.04 bits per heavy atom. The lowest BCUT2D eigenvalue weighted by Gasteiger charge is -2.06. The quantitative estimate of drug-likeness (QED) is 0.624. The van der Waals surface area contributed by atoms with Gasteiger partial charge in [-0.15, -0.1) is 11.3 Å². The molecule has 2 aromatic heterocycles. The Kier molecular flexibility index (Phi) is 3.35. The van der Waals surface area contributed by atoms with E-state index < -0.39 is 0 Å². The van der Waals surface area contributed by atoms with Crippen LogP contribution in [-0.2, 0) is 6.54 Å². The van der Waals surface area contributed by atoms with Crippen LogP contribution in [0.1, 0.15) is 20.9 Å². The van der Waals surface area contributed by atoms with Crippen molar-refractivity contribution in [2.75, 3.05) is 0 Å². The number of fused-ring (bicyclic) bond motifs is 2. The summed E-state index contributed by atoms with van der Waals surface area (Å²) in [5.41, 5.74) is 2.03. The van der Waals surface area contributed by atoms with Gasteiger partial charge in [-0.1, -0.05) is 36.4 Å². The first-order valence-electron chi connectivity index (χ1n) is 7.40. The number of amides is 1. The zero-order chi connectivity index (χ0) is 15.8. The van der Waals surface area contributed by atoms with E-state index in [1.165, 1.54) is 22.1 Å². The van der Waals surface area contributed by atoms with Crippen LogP contribution >= 0.6 is 11.3 Å². The van der Waals surface area contributed by atoms with Crippen molar-refractivity contribution < 1.29 is 4.79 Å². The summed E-state index contributed by atoms with van der Waals surface area (Å²) in [6, 6.07) is 14.5. The maximum atomic E-state index is 12.4. The standard InChI is InChI=1S/C18H15N3OS/c1-12-17(23-16-10-19-11-21(12)16)18(22)20-9-13-6-7-14-4-2-3-5-15(14)8-13/h2-8,10-11H,9H2,1H3,(H,20,22). The molecule has 0 saturated carbocycles. The van der Waals surface area contributed by atoms with E-state index in [9.17, 15) is 4.79 Å². The van der Waals surface area contributed by atoms with Gasteiger partial charge in [0, 0.05) is 12.2 Å². The van der Waals surface area contributed by atoms with Crippen molar-refractivity contribution in [3.8, 4) is 0 Å². The molecule has 5 heteroatoms. The fraction of sp³-hybridized carbons (Fsp3) is 0.111. The molecule has 23 heavy (non-hydrogen) atoms. The molecule has 2 aromatic carbocycles. The highest BCUT2D eigenvalue weighted by Crippen LogP contribution is 2.22. The van der Waals surface area contributed by atoms with Gasteiger partial charge in [-0.05, 0) is 29.3 Å². The summed E-state index contributed by atoms with van der Waals surface area (Å²) in [6.07, 6.45) is 3.51. The highest BCUT2D eigenvalue weighted by Gasteiger charge is 2.15. The normalized spacial score (nSPS) is 11.2. The summed E-state index contributed by atoms with van der Waals surface area (Å²) in [6.45, 7) is 2.46. The average Bonchev–Trinajstić information content (AvgIpc) is 3.16. The first kappa shape index (κ1) is 14.0. The van der Waals surface area contributed by atoms with E-state index in [-0.39, 0.29) is 5.91 Å². The largest absolute Gasteiger partial charge is 0.347 e. The van der Waals surface area contributed by atoms with Gasteiger partial charge in [-0.3, -0.25) is 9.20 Å². The zero-order valence-electron chi connectivity index (χ0n) is 12.6. The Balaban J connectivity index is 1.54. The second-order valence-electron chi connectivity index (χ2n) is 5.48. The number of imidazole rings is 1. The van der Waals surface area contributed by atoms with Crippen LogP contribution in [0.3, 0.4) is 0 Å². The van der Waals surface area contributed by atoms with Gasteiger partial charge in [0.25, 0.3) is 5.91 Å². The fourth-order valence-corrected chi connectivity index (χ4v) is 3.74. The molecule has 114 valence electrons. The van der Waals surface area contributed by atoms with Gasteiger partial charge in [0.15, 0.2) is 0 Å². The molecule has 0 bridgehead atoms. The highest BCUT2D eigenvalue weighted by molar-refractivity contribution is 7.19. The van der Waals surface area contributed by atoms with Crippen LogP contribution in [0, 0.1) is 6.92 Å². The molecule has 0 aliphatic carbocycles. The maximum absolute atomic E-state index is 12.4. The zero-order valence-corrected chi connectivity index (χ0v) is 13.4. The lowest BCUT2D eigenvalue weighted by Crippen LogP contribution is -2.22. The smallest absolute Gasteiger partial charge is 0.263 e. The number of hydrogen-bond acceptors (Lipinski definition) is 3. The van der Waals surface area contributed by atoms with Crippen LogP contribution in [-0.4, -0.2) is 15.3 Å². The minimum absolute atomic E-state index is 0.0376. The summed E-state index contributed by atoms with van der Waals surface area (Å²) >= 11 is 1.46. The molecular formula is C18H15N3OS. The van der Waals surface area contributed by atoms with Crippen molar-refractivity contribution in [2.45, 2.75) is 13.5 Å². The third kappa shape index (κ3) is 2.49. The molecule has 2 heterocycles. The van der Waals surface area contributed by atoms with E-state index in [2.05, 4.69) is 40.6 Å². The molecule has 0 saturated heterocycles. The number of hydrogen-bond donors (Lipinski definition) is 1. The van der Waals surface area contributed by atoms with Crippen molar-refractivity contribution in [3.05, 3.63) is 71.1 Å². The Labute approximate surface area is 137 Å². The third-order valence-electron chi connectivity index (χ3n) is 3.97. The minimum Gasteiger partial charge on any atom is -0.347 e. The fourth-order valence-electron chi connectivity index (χ4n) is 2.72. The van der Waals surface area contributed by atoms with Crippen molar-refractivity contribution in [1.82, 2.24) is 14.7 Å². The average molecular weight is 321 g/mol. The predicted molar refractivity (Wildman–Crippen MR) is 92.9 cm³/mol. The second kappa shape index (κ2) is 5.52. The first-order valence-corrected chi connectivity index (χ1v) is 8.21. The molecule has 4 nitrogen and oxygen atoms in total. The van der Waals surface area contributed by atoms with E-state index in [0.29, 0.717) is 6.54 Å². The Morgan fingerprint density at radius 3 is 2.87 bits per heavy atom. The van der Waals surface area contributed by atoms with E-state index in [1.807, 2.05) is 23.5 Å². The predicted octanol–water partition coefficient (Wildman–Crippen LogP) is 3.79. The van der Waals surface area contributed by atoms with Gasteiger partial charge < -0.3 is 5.32 Å². The maximum Gasteiger partial charge on any atom is 0.263 e. The molecule has 0 spiro atoms. The van der Waals surface area contributed by atoms with E-state index >= 15 is 0 Å². The van der Waals surface area contributed by atoms with Crippen molar-refractivity contribution >= 4 is 32.8 Å². The van der Waals surface area contributed by atoms with Crippen LogP contribution in [0.25, 0.3) is 15.6 Å². The number of rotatable bonds is 3. The Bertz CT molecular complexity index is 1020. The topological polar surface area (TPSA) is 46.4 Å². The second-order valence-corrected chi connectivity index (χ2v) is 6.51. The molecule has 0 fully saturated rings. The van der Waals surface area contributed by atoms with Crippen LogP contribution in [0.2, 0.25) is 0 Å². The number of thiazole rings is 1.